The van der Waals surface area contributed by atoms with E-state index >= 15 is 0 Å². The number of likely N-dealkylation sites (N-methyl/N-ethyl adjacent to an activating group) is 1. The predicted molar refractivity (Wildman–Crippen MR) is 83.8 cm³/mol. The molecule has 2 aromatic heterocycles. The maximum absolute atomic E-state index is 11.8. The average Bonchev–Trinajstić information content (AvgIpc) is 2.87. The quantitative estimate of drug-likeness (QED) is 0.706. The molecule has 3 N–H and O–H groups in total. The van der Waals surface area contributed by atoms with Crippen molar-refractivity contribution in [2.45, 2.75) is 13.0 Å². The van der Waals surface area contributed by atoms with Crippen molar-refractivity contribution in [2.75, 3.05) is 20.1 Å². The number of hydrogen-bond donors (Lipinski definition) is 2. The van der Waals surface area contributed by atoms with E-state index in [2.05, 4.69) is 9.97 Å². The van der Waals surface area contributed by atoms with E-state index in [-0.39, 0.29) is 19.1 Å². The molecule has 0 saturated carbocycles. The van der Waals surface area contributed by atoms with Crippen LogP contribution in [0.25, 0.3) is 11.0 Å². The third-order valence-corrected chi connectivity index (χ3v) is 3.52. The van der Waals surface area contributed by atoms with E-state index in [0.29, 0.717) is 11.2 Å². The standard InChI is InChI=1S/C14H17BN4O4/c1-8(16)10-4-3-9-5-11(18-14(9)17-10)15-22-12(20)6-19(2)7-13(21)23-15/h3-5,8H,6-7,16H2,1-2H3,(H,17,18)/t8-/m1/s1. The van der Waals surface area contributed by atoms with E-state index in [1.165, 1.54) is 4.90 Å². The summed E-state index contributed by atoms with van der Waals surface area (Å²) in [6.07, 6.45) is 0. The van der Waals surface area contributed by atoms with Crippen LogP contribution < -0.4 is 11.3 Å². The third-order valence-electron chi connectivity index (χ3n) is 3.52. The number of aromatic nitrogens is 2. The molecule has 0 radical (unpaired) electrons. The van der Waals surface area contributed by atoms with Gasteiger partial charge in [-0.25, -0.2) is 4.98 Å². The minimum absolute atomic E-state index is 0.0267. The molecule has 3 rings (SSSR count). The van der Waals surface area contributed by atoms with Crippen molar-refractivity contribution >= 4 is 35.7 Å². The monoisotopic (exact) mass is 316 g/mol. The molecule has 120 valence electrons. The normalized spacial score (nSPS) is 18.3. The first-order valence-corrected chi connectivity index (χ1v) is 7.25. The van der Waals surface area contributed by atoms with E-state index in [4.69, 9.17) is 15.0 Å². The molecule has 1 saturated heterocycles. The fourth-order valence-electron chi connectivity index (χ4n) is 2.38. The minimum Gasteiger partial charge on any atom is -0.493 e. The third kappa shape index (κ3) is 3.35. The molecule has 8 nitrogen and oxygen atoms in total. The van der Waals surface area contributed by atoms with Gasteiger partial charge >= 0.3 is 19.1 Å². The number of carbonyl (C=O) groups is 2. The van der Waals surface area contributed by atoms with Crippen LogP contribution in [0.4, 0.5) is 0 Å². The van der Waals surface area contributed by atoms with Crippen LogP contribution in [0.1, 0.15) is 18.7 Å². The molecule has 3 heterocycles. The van der Waals surface area contributed by atoms with Crippen molar-refractivity contribution in [3.8, 4) is 0 Å². The average molecular weight is 316 g/mol. The minimum atomic E-state index is -1.10. The fraction of sp³-hybridized carbons (Fsp3) is 0.357. The molecule has 0 bridgehead atoms. The Morgan fingerprint density at radius 1 is 1.30 bits per heavy atom. The summed E-state index contributed by atoms with van der Waals surface area (Å²) >= 11 is 0. The topological polar surface area (TPSA) is 111 Å². The molecule has 1 aliphatic heterocycles. The van der Waals surface area contributed by atoms with E-state index in [0.717, 1.165) is 11.1 Å². The molecule has 0 aliphatic carbocycles. The second-order valence-corrected chi connectivity index (χ2v) is 5.67. The number of H-pyrrole nitrogens is 1. The molecule has 2 aromatic rings. The van der Waals surface area contributed by atoms with Gasteiger partial charge < -0.3 is 20.0 Å². The number of nitrogens with zero attached hydrogens (tertiary/aromatic N) is 2. The van der Waals surface area contributed by atoms with Crippen LogP contribution in [0.15, 0.2) is 18.2 Å². The Labute approximate surface area is 133 Å². The van der Waals surface area contributed by atoms with Gasteiger partial charge in [0.1, 0.15) is 5.65 Å². The number of aromatic amines is 1. The highest BCUT2D eigenvalue weighted by molar-refractivity contribution is 6.64. The largest absolute Gasteiger partial charge is 0.653 e. The predicted octanol–water partition coefficient (Wildman–Crippen LogP) is -0.690. The Balaban J connectivity index is 1.91. The number of fused-ring (bicyclic) bond motifs is 1. The van der Waals surface area contributed by atoms with E-state index in [9.17, 15) is 9.59 Å². The summed E-state index contributed by atoms with van der Waals surface area (Å²) in [5, 5.41) is 0.815. The second-order valence-electron chi connectivity index (χ2n) is 5.67. The summed E-state index contributed by atoms with van der Waals surface area (Å²) in [6, 6.07) is 5.24. The zero-order valence-corrected chi connectivity index (χ0v) is 12.9. The molecule has 23 heavy (non-hydrogen) atoms. The van der Waals surface area contributed by atoms with Crippen LogP contribution in [0.5, 0.6) is 0 Å². The molecule has 1 aliphatic rings. The SMILES string of the molecule is C[C@@H](N)c1ccc2cc(B3OC(=O)CN(C)CC(=O)O3)[nH]c2n1. The van der Waals surface area contributed by atoms with Crippen LogP contribution in [-0.4, -0.2) is 54.1 Å². The van der Waals surface area contributed by atoms with Gasteiger partial charge in [0, 0.05) is 11.4 Å². The number of pyridine rings is 1. The first kappa shape index (κ1) is 15.5. The number of nitrogens with two attached hydrogens (primary N) is 1. The summed E-state index contributed by atoms with van der Waals surface area (Å²) < 4.78 is 10.4. The fourth-order valence-corrected chi connectivity index (χ4v) is 2.38. The van der Waals surface area contributed by atoms with E-state index < -0.39 is 19.1 Å². The first-order valence-electron chi connectivity index (χ1n) is 7.25. The Morgan fingerprint density at radius 2 is 1.96 bits per heavy atom. The Morgan fingerprint density at radius 3 is 2.57 bits per heavy atom. The molecule has 0 unspecified atom stereocenters. The summed E-state index contributed by atoms with van der Waals surface area (Å²) in [5.41, 5.74) is 7.61. The zero-order valence-electron chi connectivity index (χ0n) is 12.9. The van der Waals surface area contributed by atoms with Gasteiger partial charge in [-0.2, -0.15) is 0 Å². The lowest BCUT2D eigenvalue weighted by molar-refractivity contribution is -0.145. The maximum Gasteiger partial charge on any atom is 0.653 e. The van der Waals surface area contributed by atoms with Crippen molar-refractivity contribution in [3.05, 3.63) is 23.9 Å². The van der Waals surface area contributed by atoms with Crippen molar-refractivity contribution in [3.63, 3.8) is 0 Å². The van der Waals surface area contributed by atoms with Gasteiger partial charge in [-0.05, 0) is 32.2 Å². The molecular formula is C14H17BN4O4. The molecule has 0 amide bonds. The summed E-state index contributed by atoms with van der Waals surface area (Å²) in [5.74, 6) is -0.930. The highest BCUT2D eigenvalue weighted by Crippen LogP contribution is 2.14. The van der Waals surface area contributed by atoms with Crippen molar-refractivity contribution < 1.29 is 18.9 Å². The first-order chi connectivity index (χ1) is 10.9. The summed E-state index contributed by atoms with van der Waals surface area (Å²) in [6.45, 7) is 1.89. The van der Waals surface area contributed by atoms with Gasteiger partial charge in [0.2, 0.25) is 0 Å². The van der Waals surface area contributed by atoms with E-state index in [1.807, 2.05) is 19.1 Å². The lowest BCUT2D eigenvalue weighted by atomic mass is 9.84. The Kier molecular flexibility index (Phi) is 4.06. The molecule has 1 atom stereocenters. The lowest BCUT2D eigenvalue weighted by Gasteiger charge is -2.21. The molecular weight excluding hydrogens is 299 g/mol. The van der Waals surface area contributed by atoms with Gasteiger partial charge in [-0.1, -0.05) is 0 Å². The Bertz CT molecular complexity index is 740. The maximum atomic E-state index is 11.8. The molecule has 0 spiro atoms. The Hall–Kier alpha value is -2.39. The second kappa shape index (κ2) is 6.02. The summed E-state index contributed by atoms with van der Waals surface area (Å²) in [7, 11) is 0.544. The highest BCUT2D eigenvalue weighted by atomic mass is 16.6. The van der Waals surface area contributed by atoms with Gasteiger partial charge in [-0.15, -0.1) is 0 Å². The van der Waals surface area contributed by atoms with Crippen LogP contribution in [-0.2, 0) is 18.9 Å². The molecule has 9 heteroatoms. The number of rotatable bonds is 2. The zero-order chi connectivity index (χ0) is 16.6. The van der Waals surface area contributed by atoms with Gasteiger partial charge in [0.25, 0.3) is 0 Å². The number of nitrogens with one attached hydrogen (secondary N) is 1. The van der Waals surface area contributed by atoms with Crippen molar-refractivity contribution in [1.29, 1.82) is 0 Å². The van der Waals surface area contributed by atoms with Crippen LogP contribution in [0, 0.1) is 0 Å². The molecule has 1 fully saturated rings. The van der Waals surface area contributed by atoms with Gasteiger partial charge in [0.15, 0.2) is 0 Å². The van der Waals surface area contributed by atoms with Gasteiger partial charge in [-0.3, -0.25) is 14.5 Å². The number of carbonyl (C=O) groups excluding carboxylic acids is 2. The van der Waals surface area contributed by atoms with Gasteiger partial charge in [0.05, 0.1) is 24.4 Å². The lowest BCUT2D eigenvalue weighted by Crippen LogP contribution is -2.48. The smallest absolute Gasteiger partial charge is 0.493 e. The molecule has 0 aromatic carbocycles. The highest BCUT2D eigenvalue weighted by Gasteiger charge is 2.35. The van der Waals surface area contributed by atoms with Crippen LogP contribution in [0.2, 0.25) is 0 Å². The van der Waals surface area contributed by atoms with Crippen LogP contribution in [0.3, 0.4) is 0 Å². The van der Waals surface area contributed by atoms with Crippen LogP contribution >= 0.6 is 0 Å². The number of hydrogen-bond acceptors (Lipinski definition) is 7. The van der Waals surface area contributed by atoms with Crippen molar-refractivity contribution in [1.82, 2.24) is 14.9 Å². The van der Waals surface area contributed by atoms with Crippen molar-refractivity contribution in [2.24, 2.45) is 5.73 Å². The summed E-state index contributed by atoms with van der Waals surface area (Å²) in [4.78, 5) is 32.6. The van der Waals surface area contributed by atoms with E-state index in [1.54, 1.807) is 13.1 Å².